The second-order valence-electron chi connectivity index (χ2n) is 4.90. The minimum atomic E-state index is -0.392. The van der Waals surface area contributed by atoms with Crippen LogP contribution >= 0.6 is 12.2 Å². The normalized spacial score (nSPS) is 17.9. The first-order valence-electron chi connectivity index (χ1n) is 6.51. The zero-order chi connectivity index (χ0) is 14.7. The van der Waals surface area contributed by atoms with Gasteiger partial charge >= 0.3 is 6.09 Å². The molecule has 1 unspecified atom stereocenters. The molecule has 1 saturated heterocycles. The van der Waals surface area contributed by atoms with Gasteiger partial charge in [0.05, 0.1) is 13.2 Å². The number of rotatable bonds is 3. The maximum absolute atomic E-state index is 11.3. The molecule has 1 aliphatic rings. The Morgan fingerprint density at radius 1 is 1.55 bits per heavy atom. The third kappa shape index (κ3) is 3.01. The van der Waals surface area contributed by atoms with Crippen LogP contribution in [0.5, 0.6) is 0 Å². The van der Waals surface area contributed by atoms with E-state index in [-0.39, 0.29) is 6.04 Å². The fraction of sp³-hybridized carbons (Fsp3) is 0.429. The summed E-state index contributed by atoms with van der Waals surface area (Å²) >= 11 is 5.12. The van der Waals surface area contributed by atoms with Gasteiger partial charge in [0.1, 0.15) is 4.99 Å². The number of aryl methyl sites for hydroxylation is 1. The highest BCUT2D eigenvalue weighted by atomic mass is 32.1. The van der Waals surface area contributed by atoms with E-state index < -0.39 is 6.09 Å². The highest BCUT2D eigenvalue weighted by molar-refractivity contribution is 7.80. The largest absolute Gasteiger partial charge is 0.453 e. The van der Waals surface area contributed by atoms with Crippen LogP contribution in [0.4, 0.5) is 10.5 Å². The highest BCUT2D eigenvalue weighted by Crippen LogP contribution is 2.28. The molecule has 0 aromatic heterocycles. The fourth-order valence-corrected chi connectivity index (χ4v) is 2.75. The van der Waals surface area contributed by atoms with Gasteiger partial charge < -0.3 is 20.7 Å². The van der Waals surface area contributed by atoms with Crippen LogP contribution in [0.15, 0.2) is 18.2 Å². The number of anilines is 1. The van der Waals surface area contributed by atoms with E-state index in [0.29, 0.717) is 4.99 Å². The van der Waals surface area contributed by atoms with Gasteiger partial charge in [0.25, 0.3) is 0 Å². The summed E-state index contributed by atoms with van der Waals surface area (Å²) in [5, 5.41) is 2.83. The summed E-state index contributed by atoms with van der Waals surface area (Å²) in [6.45, 7) is 3.63. The number of alkyl carbamates (subject to hydrolysis) is 1. The fourth-order valence-electron chi connectivity index (χ4n) is 2.58. The molecule has 1 heterocycles. The molecule has 0 spiro atoms. The molecule has 1 aliphatic heterocycles. The lowest BCUT2D eigenvalue weighted by Crippen LogP contribution is -2.37. The summed E-state index contributed by atoms with van der Waals surface area (Å²) in [6, 6.07) is 6.01. The number of hydrogen-bond donors (Lipinski definition) is 2. The van der Waals surface area contributed by atoms with E-state index in [0.717, 1.165) is 36.3 Å². The minimum Gasteiger partial charge on any atom is -0.453 e. The van der Waals surface area contributed by atoms with Crippen molar-refractivity contribution in [2.75, 3.05) is 25.1 Å². The predicted octanol–water partition coefficient (Wildman–Crippen LogP) is 1.56. The van der Waals surface area contributed by atoms with Crippen LogP contribution in [0, 0.1) is 6.92 Å². The lowest BCUT2D eigenvalue weighted by molar-refractivity contribution is 0.167. The summed E-state index contributed by atoms with van der Waals surface area (Å²) in [5.74, 6) is 0. The zero-order valence-electron chi connectivity index (χ0n) is 11.7. The Hall–Kier alpha value is -1.82. The molecule has 0 aliphatic carbocycles. The van der Waals surface area contributed by atoms with E-state index in [1.807, 2.05) is 25.1 Å². The number of hydrogen-bond acceptors (Lipinski definition) is 4. The molecule has 1 amide bonds. The number of carbonyl (C=O) groups excluding carboxylic acids is 1. The van der Waals surface area contributed by atoms with Gasteiger partial charge in [-0.2, -0.15) is 0 Å². The lowest BCUT2D eigenvalue weighted by Gasteiger charge is -2.24. The lowest BCUT2D eigenvalue weighted by atomic mass is 10.1. The van der Waals surface area contributed by atoms with Crippen molar-refractivity contribution in [2.24, 2.45) is 5.73 Å². The van der Waals surface area contributed by atoms with Gasteiger partial charge in [0.15, 0.2) is 0 Å². The average molecular weight is 293 g/mol. The summed E-state index contributed by atoms with van der Waals surface area (Å²) in [4.78, 5) is 13.9. The molecule has 6 heteroatoms. The summed E-state index contributed by atoms with van der Waals surface area (Å²) in [5.41, 5.74) is 8.89. The first kappa shape index (κ1) is 14.6. The molecule has 3 N–H and O–H groups in total. The van der Waals surface area contributed by atoms with Crippen LogP contribution in [0.2, 0.25) is 0 Å². The molecular formula is C14H19N3O2S. The first-order valence-corrected chi connectivity index (χ1v) is 6.92. The SMILES string of the molecule is COC(=O)NC1CCN(c2c(C)cccc2C(N)=S)C1. The van der Waals surface area contributed by atoms with E-state index in [1.54, 1.807) is 0 Å². The number of methoxy groups -OCH3 is 1. The number of amides is 1. The van der Waals surface area contributed by atoms with Crippen molar-refractivity contribution in [2.45, 2.75) is 19.4 Å². The van der Waals surface area contributed by atoms with E-state index in [4.69, 9.17) is 18.0 Å². The summed E-state index contributed by atoms with van der Waals surface area (Å²) in [6.07, 6.45) is 0.483. The van der Waals surface area contributed by atoms with Gasteiger partial charge in [-0.1, -0.05) is 24.4 Å². The summed E-state index contributed by atoms with van der Waals surface area (Å²) in [7, 11) is 1.37. The smallest absolute Gasteiger partial charge is 0.407 e. The molecule has 5 nitrogen and oxygen atoms in total. The van der Waals surface area contributed by atoms with Crippen molar-refractivity contribution in [1.82, 2.24) is 5.32 Å². The molecule has 1 aromatic carbocycles. The first-order chi connectivity index (χ1) is 9.52. The molecule has 1 fully saturated rings. The number of carbonyl (C=O) groups is 1. The van der Waals surface area contributed by atoms with Gasteiger partial charge in [0, 0.05) is 24.3 Å². The number of benzene rings is 1. The molecule has 1 aromatic rings. The molecular weight excluding hydrogens is 274 g/mol. The minimum absolute atomic E-state index is 0.0845. The highest BCUT2D eigenvalue weighted by Gasteiger charge is 2.27. The number of thiocarbonyl (C=S) groups is 1. The van der Waals surface area contributed by atoms with Crippen molar-refractivity contribution < 1.29 is 9.53 Å². The molecule has 0 bridgehead atoms. The Morgan fingerprint density at radius 3 is 2.95 bits per heavy atom. The molecule has 0 radical (unpaired) electrons. The van der Waals surface area contributed by atoms with Crippen molar-refractivity contribution in [3.05, 3.63) is 29.3 Å². The Labute approximate surface area is 124 Å². The Balaban J connectivity index is 2.18. The molecule has 0 saturated carbocycles. The molecule has 108 valence electrons. The van der Waals surface area contributed by atoms with E-state index in [9.17, 15) is 4.79 Å². The second kappa shape index (κ2) is 6.09. The maximum Gasteiger partial charge on any atom is 0.407 e. The van der Waals surface area contributed by atoms with E-state index >= 15 is 0 Å². The van der Waals surface area contributed by atoms with Crippen LogP contribution in [0.1, 0.15) is 17.5 Å². The average Bonchev–Trinajstić information content (AvgIpc) is 2.86. The van der Waals surface area contributed by atoms with Gasteiger partial charge in [-0.05, 0) is 25.0 Å². The van der Waals surface area contributed by atoms with Crippen LogP contribution in [0.25, 0.3) is 0 Å². The van der Waals surface area contributed by atoms with Crippen molar-refractivity contribution in [1.29, 1.82) is 0 Å². The molecule has 20 heavy (non-hydrogen) atoms. The zero-order valence-corrected chi connectivity index (χ0v) is 12.5. The molecule has 2 rings (SSSR count). The van der Waals surface area contributed by atoms with Gasteiger partial charge in [-0.3, -0.25) is 0 Å². The Kier molecular flexibility index (Phi) is 4.44. The van der Waals surface area contributed by atoms with Crippen LogP contribution in [0.3, 0.4) is 0 Å². The van der Waals surface area contributed by atoms with Crippen molar-refractivity contribution in [3.8, 4) is 0 Å². The van der Waals surface area contributed by atoms with Gasteiger partial charge in [-0.25, -0.2) is 4.79 Å². The number of nitrogens with one attached hydrogen (secondary N) is 1. The predicted molar refractivity (Wildman–Crippen MR) is 83.2 cm³/mol. The standard InChI is InChI=1S/C14H19N3O2S/c1-9-4-3-5-11(13(15)20)12(9)17-7-6-10(8-17)16-14(18)19-2/h3-5,10H,6-8H2,1-2H3,(H2,15,20)(H,16,18). The Bertz CT molecular complexity index is 533. The molecule has 1 atom stereocenters. The quantitative estimate of drug-likeness (QED) is 0.828. The second-order valence-corrected chi connectivity index (χ2v) is 5.34. The number of ether oxygens (including phenoxy) is 1. The number of nitrogens with two attached hydrogens (primary N) is 1. The van der Waals surface area contributed by atoms with Crippen LogP contribution in [-0.2, 0) is 4.74 Å². The van der Waals surface area contributed by atoms with Gasteiger partial charge in [0.2, 0.25) is 0 Å². The van der Waals surface area contributed by atoms with Crippen LogP contribution in [-0.4, -0.2) is 37.3 Å². The van der Waals surface area contributed by atoms with Gasteiger partial charge in [-0.15, -0.1) is 0 Å². The van der Waals surface area contributed by atoms with Crippen LogP contribution < -0.4 is 16.0 Å². The van der Waals surface area contributed by atoms with Crippen molar-refractivity contribution >= 4 is 29.0 Å². The number of para-hydroxylation sites is 1. The van der Waals surface area contributed by atoms with E-state index in [2.05, 4.69) is 15.0 Å². The Morgan fingerprint density at radius 2 is 2.30 bits per heavy atom. The maximum atomic E-state index is 11.3. The third-order valence-electron chi connectivity index (χ3n) is 3.52. The van der Waals surface area contributed by atoms with Crippen molar-refractivity contribution in [3.63, 3.8) is 0 Å². The topological polar surface area (TPSA) is 67.6 Å². The van der Waals surface area contributed by atoms with E-state index in [1.165, 1.54) is 7.11 Å². The number of nitrogens with zero attached hydrogens (tertiary/aromatic N) is 1. The summed E-state index contributed by atoms with van der Waals surface area (Å²) < 4.78 is 4.63. The monoisotopic (exact) mass is 293 g/mol. The third-order valence-corrected chi connectivity index (χ3v) is 3.73.